The maximum absolute atomic E-state index is 3.74. The Labute approximate surface area is 119 Å². The summed E-state index contributed by atoms with van der Waals surface area (Å²) in [6.07, 6.45) is 1.19. The fourth-order valence-corrected chi connectivity index (χ4v) is 2.97. The van der Waals surface area contributed by atoms with Crippen LogP contribution in [0.4, 0.5) is 0 Å². The summed E-state index contributed by atoms with van der Waals surface area (Å²) in [6.45, 7) is 19.3. The summed E-state index contributed by atoms with van der Waals surface area (Å²) < 4.78 is 0. The monoisotopic (exact) mass is 261 g/mol. The van der Waals surface area contributed by atoms with Crippen molar-refractivity contribution < 1.29 is 0 Å². The Morgan fingerprint density at radius 2 is 1.21 bits per heavy atom. The lowest BCUT2D eigenvalue weighted by atomic mass is 9.83. The van der Waals surface area contributed by atoms with E-state index in [1.54, 1.807) is 0 Å². The third-order valence-electron chi connectivity index (χ3n) is 4.65. The van der Waals surface area contributed by atoms with Gasteiger partial charge in [0.1, 0.15) is 0 Å². The third-order valence-corrected chi connectivity index (χ3v) is 4.65. The summed E-state index contributed by atoms with van der Waals surface area (Å²) >= 11 is 0. The Hall–Kier alpha value is -0.820. The number of hydrogen-bond donors (Lipinski definition) is 1. The molecule has 1 heteroatoms. The smallest absolute Gasteiger partial charge is 0.0348 e. The fraction of sp³-hybridized carbons (Fsp3) is 0.667. The van der Waals surface area contributed by atoms with E-state index >= 15 is 0 Å². The molecule has 0 saturated carbocycles. The summed E-state index contributed by atoms with van der Waals surface area (Å²) in [7, 11) is 0. The zero-order chi connectivity index (χ0) is 14.7. The summed E-state index contributed by atoms with van der Waals surface area (Å²) in [5.41, 5.74) is 8.86. The maximum atomic E-state index is 3.74. The number of nitrogens with one attached hydrogen (secondary N) is 1. The van der Waals surface area contributed by atoms with Crippen LogP contribution in [0.5, 0.6) is 0 Å². The van der Waals surface area contributed by atoms with Crippen molar-refractivity contribution in [2.24, 2.45) is 5.92 Å². The van der Waals surface area contributed by atoms with Crippen molar-refractivity contribution in [2.75, 3.05) is 6.54 Å². The highest BCUT2D eigenvalue weighted by molar-refractivity contribution is 5.50. The lowest BCUT2D eigenvalue weighted by Crippen LogP contribution is -2.28. The molecule has 0 aliphatic heterocycles. The summed E-state index contributed by atoms with van der Waals surface area (Å²) in [4.78, 5) is 0. The first kappa shape index (κ1) is 16.2. The van der Waals surface area contributed by atoms with Gasteiger partial charge in [-0.05, 0) is 86.9 Å². The van der Waals surface area contributed by atoms with Gasteiger partial charge in [0.05, 0.1) is 0 Å². The van der Waals surface area contributed by atoms with Gasteiger partial charge in [0.15, 0.2) is 0 Å². The number of hydrogen-bond acceptors (Lipinski definition) is 1. The predicted octanol–water partition coefficient (Wildman–Crippen LogP) is 4.93. The molecule has 1 aromatic rings. The minimum Gasteiger partial charge on any atom is -0.310 e. The fourth-order valence-electron chi connectivity index (χ4n) is 2.97. The number of rotatable bonds is 5. The van der Waals surface area contributed by atoms with Gasteiger partial charge in [-0.3, -0.25) is 0 Å². The molecule has 0 fully saturated rings. The standard InChI is InChI=1S/C18H31N/c1-9-10-19-18(11(2)3)17-15(7)13(5)12(4)14(6)16(17)8/h11,18-19H,9-10H2,1-8H3. The molecule has 0 aliphatic carbocycles. The van der Waals surface area contributed by atoms with E-state index in [-0.39, 0.29) is 0 Å². The highest BCUT2D eigenvalue weighted by Gasteiger charge is 2.22. The van der Waals surface area contributed by atoms with Crippen molar-refractivity contribution >= 4 is 0 Å². The van der Waals surface area contributed by atoms with Gasteiger partial charge in [-0.1, -0.05) is 20.8 Å². The van der Waals surface area contributed by atoms with Crippen LogP contribution < -0.4 is 5.32 Å². The summed E-state index contributed by atoms with van der Waals surface area (Å²) in [5.74, 6) is 0.616. The molecule has 0 amide bonds. The SMILES string of the molecule is CCCNC(c1c(C)c(C)c(C)c(C)c1C)C(C)C. The first-order valence-corrected chi connectivity index (χ1v) is 7.63. The quantitative estimate of drug-likeness (QED) is 0.793. The van der Waals surface area contributed by atoms with Gasteiger partial charge in [0.2, 0.25) is 0 Å². The van der Waals surface area contributed by atoms with Gasteiger partial charge in [-0.2, -0.15) is 0 Å². The Kier molecular flexibility index (Phi) is 5.61. The van der Waals surface area contributed by atoms with Crippen LogP contribution in [0.25, 0.3) is 0 Å². The van der Waals surface area contributed by atoms with Crippen LogP contribution in [0, 0.1) is 40.5 Å². The van der Waals surface area contributed by atoms with E-state index in [1.165, 1.54) is 39.8 Å². The lowest BCUT2D eigenvalue weighted by Gasteiger charge is -2.29. The Morgan fingerprint density at radius 3 is 1.58 bits per heavy atom. The van der Waals surface area contributed by atoms with E-state index in [2.05, 4.69) is 60.7 Å². The molecule has 0 heterocycles. The molecule has 1 unspecified atom stereocenters. The molecule has 1 N–H and O–H groups in total. The first-order valence-electron chi connectivity index (χ1n) is 7.63. The molecule has 19 heavy (non-hydrogen) atoms. The second-order valence-electron chi connectivity index (χ2n) is 6.21. The topological polar surface area (TPSA) is 12.0 Å². The van der Waals surface area contributed by atoms with Crippen LogP contribution >= 0.6 is 0 Å². The van der Waals surface area contributed by atoms with Gasteiger partial charge in [0, 0.05) is 6.04 Å². The maximum Gasteiger partial charge on any atom is 0.0348 e. The Morgan fingerprint density at radius 1 is 0.789 bits per heavy atom. The molecule has 0 aliphatic rings. The van der Waals surface area contributed by atoms with Crippen molar-refractivity contribution in [3.63, 3.8) is 0 Å². The highest BCUT2D eigenvalue weighted by atomic mass is 14.9. The number of benzene rings is 1. The first-order chi connectivity index (χ1) is 8.82. The van der Waals surface area contributed by atoms with E-state index in [4.69, 9.17) is 0 Å². The third kappa shape index (κ3) is 3.20. The van der Waals surface area contributed by atoms with Crippen LogP contribution in [-0.2, 0) is 0 Å². The van der Waals surface area contributed by atoms with Gasteiger partial charge in [0.25, 0.3) is 0 Å². The molecule has 1 rings (SSSR count). The highest BCUT2D eigenvalue weighted by Crippen LogP contribution is 2.33. The van der Waals surface area contributed by atoms with E-state index < -0.39 is 0 Å². The van der Waals surface area contributed by atoms with E-state index in [0.29, 0.717) is 12.0 Å². The van der Waals surface area contributed by atoms with Crippen LogP contribution in [-0.4, -0.2) is 6.54 Å². The minimum atomic E-state index is 0.470. The molecule has 0 aromatic heterocycles. The van der Waals surface area contributed by atoms with Crippen LogP contribution in [0.2, 0.25) is 0 Å². The van der Waals surface area contributed by atoms with Crippen molar-refractivity contribution in [1.29, 1.82) is 0 Å². The molecule has 1 atom stereocenters. The molecule has 108 valence electrons. The largest absolute Gasteiger partial charge is 0.310 e. The van der Waals surface area contributed by atoms with Crippen molar-refractivity contribution in [1.82, 2.24) is 5.32 Å². The van der Waals surface area contributed by atoms with Crippen molar-refractivity contribution in [3.8, 4) is 0 Å². The molecule has 1 nitrogen and oxygen atoms in total. The molecule has 0 saturated heterocycles. The Balaban J connectivity index is 3.38. The van der Waals surface area contributed by atoms with Gasteiger partial charge >= 0.3 is 0 Å². The minimum absolute atomic E-state index is 0.470. The van der Waals surface area contributed by atoms with E-state index in [1.807, 2.05) is 0 Å². The normalized spacial score (nSPS) is 13.1. The van der Waals surface area contributed by atoms with Gasteiger partial charge in [-0.25, -0.2) is 0 Å². The molecule has 0 radical (unpaired) electrons. The van der Waals surface area contributed by atoms with Crippen molar-refractivity contribution in [3.05, 3.63) is 33.4 Å². The molecule has 0 spiro atoms. The van der Waals surface area contributed by atoms with Crippen molar-refractivity contribution in [2.45, 2.75) is 67.9 Å². The second kappa shape index (κ2) is 6.56. The summed E-state index contributed by atoms with van der Waals surface area (Å²) in [6, 6.07) is 0.470. The average molecular weight is 261 g/mol. The van der Waals surface area contributed by atoms with Crippen LogP contribution in [0.3, 0.4) is 0 Å². The average Bonchev–Trinajstić information content (AvgIpc) is 2.37. The molecule has 0 bridgehead atoms. The Bertz CT molecular complexity index is 414. The van der Waals surface area contributed by atoms with Crippen LogP contribution in [0.1, 0.15) is 66.6 Å². The molecule has 1 aromatic carbocycles. The van der Waals surface area contributed by atoms with Gasteiger partial charge in [-0.15, -0.1) is 0 Å². The lowest BCUT2D eigenvalue weighted by molar-refractivity contribution is 0.409. The molecular formula is C18H31N. The predicted molar refractivity (Wildman–Crippen MR) is 86.0 cm³/mol. The second-order valence-corrected chi connectivity index (χ2v) is 6.21. The van der Waals surface area contributed by atoms with E-state index in [9.17, 15) is 0 Å². The zero-order valence-corrected chi connectivity index (χ0v) is 14.1. The summed E-state index contributed by atoms with van der Waals surface area (Å²) in [5, 5.41) is 3.74. The zero-order valence-electron chi connectivity index (χ0n) is 14.1. The van der Waals surface area contributed by atoms with Gasteiger partial charge < -0.3 is 5.32 Å². The molecular weight excluding hydrogens is 230 g/mol. The van der Waals surface area contributed by atoms with E-state index in [0.717, 1.165) is 6.54 Å². The van der Waals surface area contributed by atoms with Crippen LogP contribution in [0.15, 0.2) is 0 Å².